The summed E-state index contributed by atoms with van der Waals surface area (Å²) in [5.74, 6) is 0.100. The highest BCUT2D eigenvalue weighted by atomic mass is 19.3. The fourth-order valence-electron chi connectivity index (χ4n) is 3.16. The molecule has 3 heterocycles. The zero-order chi connectivity index (χ0) is 21.8. The van der Waals surface area contributed by atoms with Crippen molar-refractivity contribution in [1.82, 2.24) is 24.7 Å². The zero-order valence-corrected chi connectivity index (χ0v) is 16.7. The maximum atomic E-state index is 12.9. The van der Waals surface area contributed by atoms with E-state index in [-0.39, 0.29) is 18.2 Å². The van der Waals surface area contributed by atoms with Crippen molar-refractivity contribution in [3.05, 3.63) is 84.2 Å². The highest BCUT2D eigenvalue weighted by molar-refractivity contribution is 5.70. The van der Waals surface area contributed by atoms with Gasteiger partial charge in [-0.25, -0.2) is 18.7 Å². The van der Waals surface area contributed by atoms with Crippen LogP contribution in [0.25, 0.3) is 11.1 Å². The number of halogens is 2. The number of pyridine rings is 1. The summed E-state index contributed by atoms with van der Waals surface area (Å²) in [5.41, 5.74) is 3.60. The number of aliphatic hydroxyl groups excluding tert-OH is 1. The summed E-state index contributed by atoms with van der Waals surface area (Å²) >= 11 is 0. The topological polar surface area (TPSA) is 88.8 Å². The van der Waals surface area contributed by atoms with Crippen LogP contribution in [0.4, 0.5) is 20.4 Å². The molecule has 0 aliphatic carbocycles. The minimum atomic E-state index is -2.66. The lowest BCUT2D eigenvalue weighted by Crippen LogP contribution is -2.10. The molecule has 158 valence electrons. The maximum absolute atomic E-state index is 12.9. The molecule has 0 bridgehead atoms. The van der Waals surface area contributed by atoms with Crippen molar-refractivity contribution in [3.8, 4) is 11.1 Å². The van der Waals surface area contributed by atoms with Crippen molar-refractivity contribution >= 4 is 11.6 Å². The van der Waals surface area contributed by atoms with Crippen LogP contribution in [0.5, 0.6) is 0 Å². The van der Waals surface area contributed by atoms with Gasteiger partial charge < -0.3 is 10.4 Å². The Bertz CT molecular complexity index is 1170. The Morgan fingerprint density at radius 1 is 1.03 bits per heavy atom. The van der Waals surface area contributed by atoms with Crippen molar-refractivity contribution in [2.75, 3.05) is 5.32 Å². The molecule has 0 saturated heterocycles. The fourth-order valence-corrected chi connectivity index (χ4v) is 3.16. The maximum Gasteiger partial charge on any atom is 0.280 e. The van der Waals surface area contributed by atoms with E-state index >= 15 is 0 Å². The lowest BCUT2D eigenvalue weighted by atomic mass is 10.1. The van der Waals surface area contributed by atoms with Crippen LogP contribution in [0, 0.1) is 6.92 Å². The molecular formula is C22H20F2N6O. The van der Waals surface area contributed by atoms with Crippen molar-refractivity contribution in [3.63, 3.8) is 0 Å². The van der Waals surface area contributed by atoms with Crippen molar-refractivity contribution in [2.24, 2.45) is 0 Å². The molecule has 0 radical (unpaired) electrons. The number of alkyl halides is 2. The Morgan fingerprint density at radius 2 is 1.90 bits per heavy atom. The van der Waals surface area contributed by atoms with Gasteiger partial charge in [0.2, 0.25) is 5.95 Å². The first-order valence-electron chi connectivity index (χ1n) is 9.59. The molecule has 0 spiro atoms. The molecular weight excluding hydrogens is 402 g/mol. The Hall–Kier alpha value is -3.72. The number of hydrogen-bond donors (Lipinski definition) is 2. The van der Waals surface area contributed by atoms with Gasteiger partial charge in [0.15, 0.2) is 0 Å². The van der Waals surface area contributed by atoms with E-state index in [1.807, 2.05) is 37.4 Å². The Morgan fingerprint density at radius 3 is 2.68 bits per heavy atom. The first-order valence-corrected chi connectivity index (χ1v) is 9.59. The van der Waals surface area contributed by atoms with E-state index in [4.69, 9.17) is 0 Å². The van der Waals surface area contributed by atoms with Gasteiger partial charge in [-0.2, -0.15) is 5.10 Å². The lowest BCUT2D eigenvalue weighted by molar-refractivity contribution is 0.146. The van der Waals surface area contributed by atoms with Crippen molar-refractivity contribution < 1.29 is 13.9 Å². The summed E-state index contributed by atoms with van der Waals surface area (Å²) in [5, 5.41) is 17.7. The molecule has 0 aliphatic heterocycles. The van der Waals surface area contributed by atoms with E-state index in [0.29, 0.717) is 11.4 Å². The van der Waals surface area contributed by atoms with Gasteiger partial charge >= 0.3 is 0 Å². The Labute approximate surface area is 177 Å². The van der Waals surface area contributed by atoms with Crippen LogP contribution in [-0.2, 0) is 6.54 Å². The number of aromatic nitrogens is 5. The molecule has 31 heavy (non-hydrogen) atoms. The summed E-state index contributed by atoms with van der Waals surface area (Å²) in [6.07, 6.45) is 3.03. The number of nitrogens with one attached hydrogen (secondary N) is 1. The predicted molar refractivity (Wildman–Crippen MR) is 112 cm³/mol. The zero-order valence-electron chi connectivity index (χ0n) is 16.7. The SMILES string of the molecule is Cc1cc(Nc2nccc(C(F)F)n2)cc(-c2cnn(CC(O)c3ccccn3)c2)c1. The Balaban J connectivity index is 1.53. The first-order chi connectivity index (χ1) is 15.0. The van der Waals surface area contributed by atoms with Crippen LogP contribution in [0.15, 0.2) is 67.3 Å². The Kier molecular flexibility index (Phi) is 5.94. The standard InChI is InChI=1S/C22H20F2N6O/c1-14-8-15(10-17(9-14)28-22-26-7-5-19(29-22)21(23)24)16-11-27-30(12-16)13-20(31)18-4-2-3-6-25-18/h2-12,20-21,31H,13H2,1H3,(H,26,28,29). The minimum Gasteiger partial charge on any atom is -0.385 e. The number of aryl methyl sites for hydroxylation is 1. The van der Waals surface area contributed by atoms with E-state index in [0.717, 1.165) is 16.7 Å². The number of aliphatic hydroxyl groups is 1. The van der Waals surface area contributed by atoms with Crippen molar-refractivity contribution in [2.45, 2.75) is 26.0 Å². The first kappa shape index (κ1) is 20.5. The summed E-state index contributed by atoms with van der Waals surface area (Å²) < 4.78 is 27.4. The van der Waals surface area contributed by atoms with Crippen LogP contribution >= 0.6 is 0 Å². The van der Waals surface area contributed by atoms with Gasteiger partial charge in [-0.1, -0.05) is 12.1 Å². The van der Waals surface area contributed by atoms with Gasteiger partial charge in [0, 0.05) is 29.8 Å². The molecule has 0 amide bonds. The molecule has 1 unspecified atom stereocenters. The van der Waals surface area contributed by atoms with Gasteiger partial charge in [-0.3, -0.25) is 9.67 Å². The molecule has 4 rings (SSSR count). The van der Waals surface area contributed by atoms with Gasteiger partial charge in [-0.15, -0.1) is 0 Å². The second kappa shape index (κ2) is 8.97. The molecule has 0 fully saturated rings. The van der Waals surface area contributed by atoms with Crippen molar-refractivity contribution in [1.29, 1.82) is 0 Å². The second-order valence-corrected chi connectivity index (χ2v) is 7.04. The molecule has 0 aliphatic rings. The predicted octanol–water partition coefficient (Wildman–Crippen LogP) is 4.46. The molecule has 0 saturated carbocycles. The normalized spacial score (nSPS) is 12.2. The highest BCUT2D eigenvalue weighted by Crippen LogP contribution is 2.27. The quantitative estimate of drug-likeness (QED) is 0.457. The molecule has 1 atom stereocenters. The molecule has 2 N–H and O–H groups in total. The third-order valence-corrected chi connectivity index (χ3v) is 4.59. The number of benzene rings is 1. The summed E-state index contributed by atoms with van der Waals surface area (Å²) in [7, 11) is 0. The largest absolute Gasteiger partial charge is 0.385 e. The van der Waals surface area contributed by atoms with E-state index in [1.165, 1.54) is 12.3 Å². The lowest BCUT2D eigenvalue weighted by Gasteiger charge is -2.10. The number of rotatable bonds is 7. The van der Waals surface area contributed by atoms with E-state index in [9.17, 15) is 13.9 Å². The number of nitrogens with zero attached hydrogens (tertiary/aromatic N) is 5. The van der Waals surface area contributed by atoms with Gasteiger partial charge in [0.25, 0.3) is 6.43 Å². The van der Waals surface area contributed by atoms with E-state index in [2.05, 4.69) is 25.4 Å². The smallest absolute Gasteiger partial charge is 0.280 e. The highest BCUT2D eigenvalue weighted by Gasteiger charge is 2.13. The molecule has 7 nitrogen and oxygen atoms in total. The third kappa shape index (κ3) is 5.07. The third-order valence-electron chi connectivity index (χ3n) is 4.59. The monoisotopic (exact) mass is 422 g/mol. The molecule has 9 heteroatoms. The van der Waals surface area contributed by atoms with Gasteiger partial charge in [-0.05, 0) is 48.4 Å². The van der Waals surface area contributed by atoms with Gasteiger partial charge in [0.1, 0.15) is 11.8 Å². The number of hydrogen-bond acceptors (Lipinski definition) is 6. The van der Waals surface area contributed by atoms with E-state index in [1.54, 1.807) is 29.2 Å². The molecule has 3 aromatic heterocycles. The average molecular weight is 422 g/mol. The summed E-state index contributed by atoms with van der Waals surface area (Å²) in [6, 6.07) is 12.3. The fraction of sp³-hybridized carbons (Fsp3) is 0.182. The van der Waals surface area contributed by atoms with E-state index < -0.39 is 12.5 Å². The molecule has 4 aromatic rings. The molecule has 1 aromatic carbocycles. The minimum absolute atomic E-state index is 0.100. The van der Waals surface area contributed by atoms with Crippen LogP contribution in [-0.4, -0.2) is 29.8 Å². The average Bonchev–Trinajstić information content (AvgIpc) is 3.22. The van der Waals surface area contributed by atoms with Crippen LogP contribution in [0.2, 0.25) is 0 Å². The number of anilines is 2. The summed E-state index contributed by atoms with van der Waals surface area (Å²) in [4.78, 5) is 12.0. The second-order valence-electron chi connectivity index (χ2n) is 7.04. The van der Waals surface area contributed by atoms with Crippen LogP contribution in [0.3, 0.4) is 0 Å². The van der Waals surface area contributed by atoms with Gasteiger partial charge in [0.05, 0.1) is 18.4 Å². The summed E-state index contributed by atoms with van der Waals surface area (Å²) in [6.45, 7) is 2.20. The van der Waals surface area contributed by atoms with Crippen LogP contribution in [0.1, 0.15) is 29.5 Å². The van der Waals surface area contributed by atoms with Crippen LogP contribution < -0.4 is 5.32 Å².